The highest BCUT2D eigenvalue weighted by Gasteiger charge is 2.27. The number of aromatic nitrogens is 1. The summed E-state index contributed by atoms with van der Waals surface area (Å²) in [5.74, 6) is 0.0280. The molecule has 0 spiro atoms. The van der Waals surface area contributed by atoms with Crippen molar-refractivity contribution in [3.05, 3.63) is 65.2 Å². The van der Waals surface area contributed by atoms with E-state index in [0.29, 0.717) is 5.56 Å². The fraction of sp³-hybridized carbons (Fsp3) is 0.292. The molecule has 0 aliphatic heterocycles. The van der Waals surface area contributed by atoms with E-state index in [2.05, 4.69) is 5.32 Å². The molecule has 0 unspecified atom stereocenters. The predicted octanol–water partition coefficient (Wildman–Crippen LogP) is 4.14. The van der Waals surface area contributed by atoms with Gasteiger partial charge in [0.15, 0.2) is 6.61 Å². The largest absolute Gasteiger partial charge is 0.465 e. The molecule has 30 heavy (non-hydrogen) atoms. The van der Waals surface area contributed by atoms with Gasteiger partial charge in [-0.2, -0.15) is 0 Å². The molecule has 0 atom stereocenters. The van der Waals surface area contributed by atoms with Crippen LogP contribution in [0.5, 0.6) is 0 Å². The Hall–Kier alpha value is -3.41. The number of nitrogens with zero attached hydrogens (tertiary/aromatic N) is 1. The summed E-state index contributed by atoms with van der Waals surface area (Å²) in [6, 6.07) is 11.5. The molecule has 2 aliphatic carbocycles. The Balaban J connectivity index is 1.53. The third kappa shape index (κ3) is 3.73. The van der Waals surface area contributed by atoms with E-state index in [9.17, 15) is 9.59 Å². The van der Waals surface area contributed by atoms with Gasteiger partial charge in [-0.3, -0.25) is 4.79 Å². The van der Waals surface area contributed by atoms with Crippen LogP contribution in [0.15, 0.2) is 47.1 Å². The third-order valence-corrected chi connectivity index (χ3v) is 5.51. The number of esters is 1. The number of hydrogen-bond donors (Lipinski definition) is 1. The minimum atomic E-state index is -0.477. The maximum absolute atomic E-state index is 13.1. The van der Waals surface area contributed by atoms with Gasteiger partial charge < -0.3 is 14.5 Å². The lowest BCUT2D eigenvalue weighted by atomic mass is 9.86. The molecule has 1 amide bonds. The van der Waals surface area contributed by atoms with E-state index < -0.39 is 5.97 Å². The van der Waals surface area contributed by atoms with Crippen LogP contribution in [0.4, 0.5) is 0 Å². The van der Waals surface area contributed by atoms with Crippen LogP contribution in [0, 0.1) is 0 Å². The minimum absolute atomic E-state index is 0.236. The number of ether oxygens (including phenoxy) is 1. The molecule has 1 N–H and O–H groups in total. The molecule has 1 fully saturated rings. The van der Waals surface area contributed by atoms with E-state index in [1.165, 1.54) is 0 Å². The number of para-hydroxylation sites is 1. The lowest BCUT2D eigenvalue weighted by Crippen LogP contribution is -2.30. The Bertz CT molecular complexity index is 1140. The quantitative estimate of drug-likeness (QED) is 0.649. The Morgan fingerprint density at radius 3 is 2.83 bits per heavy atom. The highest BCUT2D eigenvalue weighted by Crippen LogP contribution is 2.36. The number of furan rings is 1. The summed E-state index contributed by atoms with van der Waals surface area (Å²) in [4.78, 5) is 29.9. The second-order valence-electron chi connectivity index (χ2n) is 7.79. The minimum Gasteiger partial charge on any atom is -0.465 e. The van der Waals surface area contributed by atoms with Crippen molar-refractivity contribution in [1.29, 1.82) is 0 Å². The molecular formula is C24H22N2O4. The number of allylic oxidation sites excluding steroid dienone is 1. The van der Waals surface area contributed by atoms with Crippen LogP contribution in [-0.2, 0) is 16.0 Å². The number of benzene rings is 1. The van der Waals surface area contributed by atoms with Crippen molar-refractivity contribution in [2.24, 2.45) is 0 Å². The summed E-state index contributed by atoms with van der Waals surface area (Å²) in [5.41, 5.74) is 3.98. The number of rotatable bonds is 5. The Morgan fingerprint density at radius 1 is 1.17 bits per heavy atom. The van der Waals surface area contributed by atoms with Crippen LogP contribution in [0.3, 0.4) is 0 Å². The van der Waals surface area contributed by atoms with Crippen molar-refractivity contribution in [3.8, 4) is 0 Å². The molecule has 6 heteroatoms. The van der Waals surface area contributed by atoms with Gasteiger partial charge in [-0.15, -0.1) is 0 Å². The molecule has 0 radical (unpaired) electrons. The van der Waals surface area contributed by atoms with Crippen molar-refractivity contribution >= 4 is 34.4 Å². The van der Waals surface area contributed by atoms with Crippen molar-refractivity contribution in [2.45, 2.75) is 38.1 Å². The van der Waals surface area contributed by atoms with Crippen LogP contribution in [0.2, 0.25) is 0 Å². The van der Waals surface area contributed by atoms with Gasteiger partial charge in [0.2, 0.25) is 0 Å². The standard InChI is InChI=1S/C24H22N2O4/c27-21(25-16-10-11-16)14-30-24(28)22-18-7-1-2-9-20(18)26-23-15(5-3-8-19(22)23)13-17-6-4-12-29-17/h1-2,4,6-7,9,12-13,16H,3,5,8,10-11,14H2,(H,25,27)/b15-13-. The smallest absolute Gasteiger partial charge is 0.339 e. The molecule has 2 aromatic heterocycles. The van der Waals surface area contributed by atoms with Gasteiger partial charge in [0, 0.05) is 11.4 Å². The zero-order valence-electron chi connectivity index (χ0n) is 16.5. The number of amides is 1. The third-order valence-electron chi connectivity index (χ3n) is 5.51. The van der Waals surface area contributed by atoms with Gasteiger partial charge in [-0.05, 0) is 67.5 Å². The molecule has 152 valence electrons. The number of hydrogen-bond acceptors (Lipinski definition) is 5. The number of nitrogens with one attached hydrogen (secondary N) is 1. The zero-order valence-corrected chi connectivity index (χ0v) is 16.5. The normalized spacial score (nSPS) is 17.0. The van der Waals surface area contributed by atoms with Gasteiger partial charge in [0.25, 0.3) is 5.91 Å². The van der Waals surface area contributed by atoms with Gasteiger partial charge in [-0.1, -0.05) is 18.2 Å². The Labute approximate surface area is 173 Å². The molecular weight excluding hydrogens is 380 g/mol. The fourth-order valence-electron chi connectivity index (χ4n) is 3.95. The molecule has 1 aromatic carbocycles. The fourth-order valence-corrected chi connectivity index (χ4v) is 3.95. The molecule has 5 rings (SSSR count). The highest BCUT2D eigenvalue weighted by atomic mass is 16.5. The first-order valence-electron chi connectivity index (χ1n) is 10.3. The summed E-state index contributed by atoms with van der Waals surface area (Å²) in [7, 11) is 0. The number of carbonyl (C=O) groups is 2. The first-order chi connectivity index (χ1) is 14.7. The molecule has 1 saturated carbocycles. The van der Waals surface area contributed by atoms with Crippen molar-refractivity contribution in [1.82, 2.24) is 10.3 Å². The Kier molecular flexibility index (Phi) is 4.83. The monoisotopic (exact) mass is 402 g/mol. The van der Waals surface area contributed by atoms with Crippen LogP contribution in [0.25, 0.3) is 22.6 Å². The summed E-state index contributed by atoms with van der Waals surface area (Å²) in [6.07, 6.45) is 8.11. The number of fused-ring (bicyclic) bond motifs is 2. The zero-order chi connectivity index (χ0) is 20.5. The first-order valence-corrected chi connectivity index (χ1v) is 10.3. The van der Waals surface area contributed by atoms with Gasteiger partial charge in [0.05, 0.1) is 23.0 Å². The van der Waals surface area contributed by atoms with E-state index in [-0.39, 0.29) is 18.6 Å². The topological polar surface area (TPSA) is 81.4 Å². The average Bonchev–Trinajstić information content (AvgIpc) is 3.42. The molecule has 0 saturated heterocycles. The average molecular weight is 402 g/mol. The van der Waals surface area contributed by atoms with E-state index in [1.807, 2.05) is 42.5 Å². The second-order valence-corrected chi connectivity index (χ2v) is 7.79. The van der Waals surface area contributed by atoms with Crippen molar-refractivity contribution < 1.29 is 18.7 Å². The van der Waals surface area contributed by atoms with E-state index >= 15 is 0 Å². The molecule has 6 nitrogen and oxygen atoms in total. The lowest BCUT2D eigenvalue weighted by Gasteiger charge is -2.22. The molecule has 3 aromatic rings. The summed E-state index contributed by atoms with van der Waals surface area (Å²) >= 11 is 0. The van der Waals surface area contributed by atoms with Crippen molar-refractivity contribution in [2.75, 3.05) is 6.61 Å². The summed E-state index contributed by atoms with van der Waals surface area (Å²) in [5, 5.41) is 3.60. The maximum Gasteiger partial charge on any atom is 0.339 e. The first kappa shape index (κ1) is 18.6. The maximum atomic E-state index is 13.1. The van der Waals surface area contributed by atoms with Crippen LogP contribution in [-0.4, -0.2) is 29.5 Å². The van der Waals surface area contributed by atoms with E-state index in [1.54, 1.807) is 6.26 Å². The lowest BCUT2D eigenvalue weighted by molar-refractivity contribution is -0.124. The second kappa shape index (κ2) is 7.78. The highest BCUT2D eigenvalue weighted by molar-refractivity contribution is 6.07. The number of carbonyl (C=O) groups excluding carboxylic acids is 2. The van der Waals surface area contributed by atoms with Crippen LogP contribution in [0.1, 0.15) is 53.1 Å². The summed E-state index contributed by atoms with van der Waals surface area (Å²) < 4.78 is 10.9. The van der Waals surface area contributed by atoms with Gasteiger partial charge in [0.1, 0.15) is 5.76 Å². The molecule has 2 aliphatic rings. The summed E-state index contributed by atoms with van der Waals surface area (Å²) in [6.45, 7) is -0.268. The SMILES string of the molecule is O=C(COC(=O)c1c2c(nc3ccccc13)/C(=C\c1ccco1)CCC2)NC1CC1. The molecule has 0 bridgehead atoms. The number of pyridine rings is 1. The predicted molar refractivity (Wildman–Crippen MR) is 113 cm³/mol. The van der Waals surface area contributed by atoms with Gasteiger partial charge >= 0.3 is 5.97 Å². The van der Waals surface area contributed by atoms with Crippen molar-refractivity contribution in [3.63, 3.8) is 0 Å². The van der Waals surface area contributed by atoms with Gasteiger partial charge in [-0.25, -0.2) is 9.78 Å². The molecule has 2 heterocycles. The van der Waals surface area contributed by atoms with E-state index in [0.717, 1.165) is 65.6 Å². The Morgan fingerprint density at radius 2 is 2.03 bits per heavy atom. The van der Waals surface area contributed by atoms with Crippen LogP contribution >= 0.6 is 0 Å². The van der Waals surface area contributed by atoms with Crippen LogP contribution < -0.4 is 5.32 Å². The van der Waals surface area contributed by atoms with E-state index in [4.69, 9.17) is 14.1 Å².